The van der Waals surface area contributed by atoms with Crippen LogP contribution in [0.1, 0.15) is 44.1 Å². The fourth-order valence-electron chi connectivity index (χ4n) is 4.00. The zero-order valence-electron chi connectivity index (χ0n) is 17.0. The Bertz CT molecular complexity index is 1060. The van der Waals surface area contributed by atoms with Crippen molar-refractivity contribution in [2.45, 2.75) is 27.7 Å². The third-order valence-electron chi connectivity index (χ3n) is 5.61. The number of morpholine rings is 1. The molecular formula is C21H24N4O4. The van der Waals surface area contributed by atoms with E-state index in [4.69, 9.17) is 4.74 Å². The number of carbonyl (C=O) groups excluding carboxylic acids is 2. The molecular weight excluding hydrogens is 372 g/mol. The monoisotopic (exact) mass is 396 g/mol. The van der Waals surface area contributed by atoms with Crippen LogP contribution in [0, 0.1) is 27.7 Å². The molecule has 8 nitrogen and oxygen atoms in total. The lowest BCUT2D eigenvalue weighted by molar-refractivity contribution is -0.110. The molecule has 29 heavy (non-hydrogen) atoms. The molecule has 2 aromatic rings. The predicted octanol–water partition coefficient (Wildman–Crippen LogP) is 2.31. The van der Waals surface area contributed by atoms with E-state index in [1.165, 1.54) is 0 Å². The van der Waals surface area contributed by atoms with E-state index in [2.05, 4.69) is 15.3 Å². The Morgan fingerprint density at radius 3 is 2.55 bits per heavy atom. The van der Waals surface area contributed by atoms with Gasteiger partial charge in [-0.1, -0.05) is 0 Å². The minimum Gasteiger partial charge on any atom is -0.506 e. The number of ether oxygens (including phenoxy) is 1. The van der Waals surface area contributed by atoms with E-state index in [9.17, 15) is 14.7 Å². The van der Waals surface area contributed by atoms with Crippen LogP contribution in [0.25, 0.3) is 11.6 Å². The van der Waals surface area contributed by atoms with Crippen molar-refractivity contribution >= 4 is 29.3 Å². The first-order chi connectivity index (χ1) is 13.8. The van der Waals surface area contributed by atoms with Crippen molar-refractivity contribution in [2.24, 2.45) is 0 Å². The zero-order valence-corrected chi connectivity index (χ0v) is 17.0. The fourth-order valence-corrected chi connectivity index (χ4v) is 4.00. The summed E-state index contributed by atoms with van der Waals surface area (Å²) in [7, 11) is 0. The summed E-state index contributed by atoms with van der Waals surface area (Å²) in [5, 5.41) is 13.0. The summed E-state index contributed by atoms with van der Waals surface area (Å²) in [6.45, 7) is 9.39. The van der Waals surface area contributed by atoms with Crippen molar-refractivity contribution in [1.29, 1.82) is 0 Å². The molecule has 0 atom stereocenters. The highest BCUT2D eigenvalue weighted by molar-refractivity contribution is 6.35. The molecule has 0 saturated carbocycles. The summed E-state index contributed by atoms with van der Waals surface area (Å²) in [5.41, 5.74) is 4.92. The van der Waals surface area contributed by atoms with Gasteiger partial charge in [-0.2, -0.15) is 0 Å². The van der Waals surface area contributed by atoms with Gasteiger partial charge in [0.25, 0.3) is 11.8 Å². The summed E-state index contributed by atoms with van der Waals surface area (Å²) < 4.78 is 5.33. The van der Waals surface area contributed by atoms with Crippen molar-refractivity contribution in [3.8, 4) is 5.75 Å². The molecule has 4 rings (SSSR count). The number of aromatic amines is 1. The Hall–Kier alpha value is -3.13. The van der Waals surface area contributed by atoms with Gasteiger partial charge in [0.05, 0.1) is 30.0 Å². The van der Waals surface area contributed by atoms with Crippen LogP contribution in [-0.2, 0) is 9.53 Å². The number of anilines is 1. The van der Waals surface area contributed by atoms with Gasteiger partial charge in [0.15, 0.2) is 0 Å². The van der Waals surface area contributed by atoms with E-state index >= 15 is 0 Å². The SMILES string of the molecule is Cc1nc2c(c(C)c1O)/C(=C/c1[nH]c(C)c(C(=O)N3CCOCC3)c1C)C(=O)N2. The number of H-pyrrole nitrogens is 1. The maximum Gasteiger partial charge on any atom is 0.257 e. The second kappa shape index (κ2) is 7.04. The van der Waals surface area contributed by atoms with Gasteiger partial charge in [-0.05, 0) is 39.3 Å². The number of aromatic nitrogens is 2. The molecule has 2 aliphatic rings. The molecule has 0 bridgehead atoms. The summed E-state index contributed by atoms with van der Waals surface area (Å²) in [6.07, 6.45) is 1.73. The average Bonchev–Trinajstić information content (AvgIpc) is 3.16. The number of nitrogens with one attached hydrogen (secondary N) is 2. The Balaban J connectivity index is 1.77. The summed E-state index contributed by atoms with van der Waals surface area (Å²) in [4.78, 5) is 34.9. The molecule has 2 aromatic heterocycles. The molecule has 152 valence electrons. The normalized spacial score (nSPS) is 17.6. The maximum atomic E-state index is 13.0. The van der Waals surface area contributed by atoms with Gasteiger partial charge in [0.1, 0.15) is 11.6 Å². The van der Waals surface area contributed by atoms with E-state index in [-0.39, 0.29) is 17.6 Å². The van der Waals surface area contributed by atoms with Gasteiger partial charge in [0, 0.05) is 35.6 Å². The first-order valence-corrected chi connectivity index (χ1v) is 9.59. The lowest BCUT2D eigenvalue weighted by Gasteiger charge is -2.27. The quantitative estimate of drug-likeness (QED) is 0.675. The molecule has 4 heterocycles. The van der Waals surface area contributed by atoms with Crippen LogP contribution in [-0.4, -0.2) is 58.1 Å². The van der Waals surface area contributed by atoms with Crippen molar-refractivity contribution in [1.82, 2.24) is 14.9 Å². The highest BCUT2D eigenvalue weighted by Crippen LogP contribution is 2.39. The summed E-state index contributed by atoms with van der Waals surface area (Å²) in [6, 6.07) is 0. The highest BCUT2D eigenvalue weighted by Gasteiger charge is 2.31. The van der Waals surface area contributed by atoms with Crippen LogP contribution in [0.15, 0.2) is 0 Å². The van der Waals surface area contributed by atoms with E-state index in [0.717, 1.165) is 11.3 Å². The first kappa shape index (κ1) is 19.2. The molecule has 0 radical (unpaired) electrons. The van der Waals surface area contributed by atoms with Crippen LogP contribution in [0.4, 0.5) is 5.82 Å². The minimum atomic E-state index is -0.284. The van der Waals surface area contributed by atoms with Crippen molar-refractivity contribution < 1.29 is 19.4 Å². The largest absolute Gasteiger partial charge is 0.506 e. The van der Waals surface area contributed by atoms with Crippen molar-refractivity contribution in [2.75, 3.05) is 31.6 Å². The number of nitrogens with zero attached hydrogens (tertiary/aromatic N) is 2. The molecule has 0 aromatic carbocycles. The second-order valence-electron chi connectivity index (χ2n) is 7.47. The third kappa shape index (κ3) is 3.09. The third-order valence-corrected chi connectivity index (χ3v) is 5.61. The fraction of sp³-hybridized carbons (Fsp3) is 0.381. The van der Waals surface area contributed by atoms with Crippen molar-refractivity contribution in [3.05, 3.63) is 39.3 Å². The number of carbonyl (C=O) groups is 2. The molecule has 1 saturated heterocycles. The number of amides is 2. The zero-order chi connectivity index (χ0) is 20.9. The molecule has 3 N–H and O–H groups in total. The lowest BCUT2D eigenvalue weighted by Crippen LogP contribution is -2.41. The van der Waals surface area contributed by atoms with Crippen molar-refractivity contribution in [3.63, 3.8) is 0 Å². The van der Waals surface area contributed by atoms with Gasteiger partial charge in [-0.25, -0.2) is 4.98 Å². The van der Waals surface area contributed by atoms with Gasteiger partial charge in [-0.15, -0.1) is 0 Å². The standard InChI is InChI=1S/C21H24N4O4/c1-10-15(22-12(3)16(10)21(28)25-5-7-29-8-6-25)9-14-17-11(2)18(26)13(4)23-19(17)24-20(14)27/h9,22,26H,5-8H2,1-4H3,(H,23,24,27)/b14-9-. The molecule has 0 spiro atoms. The van der Waals surface area contributed by atoms with E-state index in [0.29, 0.717) is 65.8 Å². The Kier molecular flexibility index (Phi) is 4.66. The Morgan fingerprint density at radius 1 is 1.17 bits per heavy atom. The average molecular weight is 396 g/mol. The number of rotatable bonds is 2. The topological polar surface area (TPSA) is 108 Å². The number of aromatic hydroxyl groups is 1. The number of pyridine rings is 1. The number of aryl methyl sites for hydroxylation is 2. The van der Waals surface area contributed by atoms with Gasteiger partial charge in [0.2, 0.25) is 0 Å². The molecule has 1 fully saturated rings. The molecule has 2 aliphatic heterocycles. The maximum absolute atomic E-state index is 13.0. The van der Waals surface area contributed by atoms with Gasteiger partial charge >= 0.3 is 0 Å². The number of hydrogen-bond donors (Lipinski definition) is 3. The van der Waals surface area contributed by atoms with Crippen LogP contribution >= 0.6 is 0 Å². The van der Waals surface area contributed by atoms with E-state index in [1.807, 2.05) is 13.8 Å². The minimum absolute atomic E-state index is 0.0356. The van der Waals surface area contributed by atoms with Crippen LogP contribution < -0.4 is 5.32 Å². The number of hydrogen-bond acceptors (Lipinski definition) is 5. The summed E-state index contributed by atoms with van der Waals surface area (Å²) >= 11 is 0. The van der Waals surface area contributed by atoms with Gasteiger partial charge in [-0.3, -0.25) is 9.59 Å². The van der Waals surface area contributed by atoms with E-state index < -0.39 is 0 Å². The van der Waals surface area contributed by atoms with Crippen LogP contribution in [0.3, 0.4) is 0 Å². The molecule has 0 unspecified atom stereocenters. The van der Waals surface area contributed by atoms with Crippen LogP contribution in [0.5, 0.6) is 5.75 Å². The Labute approximate surface area is 168 Å². The summed E-state index contributed by atoms with van der Waals surface area (Å²) in [5.74, 6) is 0.202. The highest BCUT2D eigenvalue weighted by atomic mass is 16.5. The van der Waals surface area contributed by atoms with E-state index in [1.54, 1.807) is 24.8 Å². The molecule has 0 aliphatic carbocycles. The Morgan fingerprint density at radius 2 is 1.86 bits per heavy atom. The van der Waals surface area contributed by atoms with Crippen LogP contribution in [0.2, 0.25) is 0 Å². The smallest absolute Gasteiger partial charge is 0.257 e. The molecule has 2 amide bonds. The lowest BCUT2D eigenvalue weighted by atomic mass is 10.00. The molecule has 8 heteroatoms. The first-order valence-electron chi connectivity index (χ1n) is 9.59. The number of fused-ring (bicyclic) bond motifs is 1. The predicted molar refractivity (Wildman–Crippen MR) is 109 cm³/mol. The second-order valence-corrected chi connectivity index (χ2v) is 7.47. The van der Waals surface area contributed by atoms with Gasteiger partial charge < -0.3 is 25.0 Å².